The highest BCUT2D eigenvalue weighted by Crippen LogP contribution is 2.71. The van der Waals surface area contributed by atoms with E-state index >= 15 is 0 Å². The van der Waals surface area contributed by atoms with E-state index in [2.05, 4.69) is 6.92 Å². The predicted molar refractivity (Wildman–Crippen MR) is 91.1 cm³/mol. The van der Waals surface area contributed by atoms with Gasteiger partial charge in [0, 0.05) is 24.2 Å². The molecule has 0 unspecified atom stereocenters. The van der Waals surface area contributed by atoms with Crippen LogP contribution in [0, 0.1) is 34.5 Å². The van der Waals surface area contributed by atoms with Crippen LogP contribution in [0.5, 0.6) is 0 Å². The van der Waals surface area contributed by atoms with Gasteiger partial charge in [0.2, 0.25) is 0 Å². The van der Waals surface area contributed by atoms with Gasteiger partial charge in [-0.3, -0.25) is 9.59 Å². The van der Waals surface area contributed by atoms with Gasteiger partial charge in [-0.2, -0.15) is 0 Å². The van der Waals surface area contributed by atoms with Crippen molar-refractivity contribution >= 4 is 11.8 Å². The van der Waals surface area contributed by atoms with Crippen molar-refractivity contribution in [2.75, 3.05) is 0 Å². The van der Waals surface area contributed by atoms with Gasteiger partial charge in [0.1, 0.15) is 6.10 Å². The van der Waals surface area contributed by atoms with Crippen molar-refractivity contribution in [1.82, 2.24) is 0 Å². The van der Waals surface area contributed by atoms with E-state index in [0.717, 1.165) is 5.57 Å². The molecule has 0 amide bonds. The number of hydrogen-bond acceptors (Lipinski definition) is 4. The molecule has 4 bridgehead atoms. The molecule has 1 N–H and O–H groups in total. The van der Waals surface area contributed by atoms with E-state index in [0.29, 0.717) is 12.8 Å². The smallest absolute Gasteiger partial charge is 0.306 e. The Hall–Kier alpha value is -1.16. The standard InChI is InChI=1S/C20H30O4/c1-10(2)7-15(23)24-14-9-13(22)19(4,5)18-16-11(3)8-12(21)17(18)20(14,16)6/h8,10,13-14,16-18,22H,7,9H2,1-6H3/t13-,14-,16+,17-,18+,20-/m1/s1. The Balaban J connectivity index is 1.99. The van der Waals surface area contributed by atoms with E-state index in [1.54, 1.807) is 6.08 Å². The third-order valence-electron chi connectivity index (χ3n) is 6.92. The largest absolute Gasteiger partial charge is 0.462 e. The third kappa shape index (κ3) is 2.22. The topological polar surface area (TPSA) is 63.6 Å². The normalized spacial score (nSPS) is 42.9. The summed E-state index contributed by atoms with van der Waals surface area (Å²) in [6.45, 7) is 12.1. The Labute approximate surface area is 144 Å². The first-order valence-electron chi connectivity index (χ1n) is 9.10. The quantitative estimate of drug-likeness (QED) is 0.806. The average molecular weight is 334 g/mol. The van der Waals surface area contributed by atoms with E-state index < -0.39 is 12.2 Å². The van der Waals surface area contributed by atoms with Crippen LogP contribution >= 0.6 is 0 Å². The molecule has 4 rings (SSSR count). The molecule has 2 saturated carbocycles. The number of carbonyl (C=O) groups excluding carboxylic acids is 2. The molecule has 24 heavy (non-hydrogen) atoms. The van der Waals surface area contributed by atoms with Crippen LogP contribution in [0.15, 0.2) is 11.6 Å². The minimum Gasteiger partial charge on any atom is -0.462 e. The van der Waals surface area contributed by atoms with Gasteiger partial charge in [-0.15, -0.1) is 0 Å². The second-order valence-corrected chi connectivity index (χ2v) is 9.29. The van der Waals surface area contributed by atoms with Crippen LogP contribution in [0.3, 0.4) is 0 Å². The van der Waals surface area contributed by atoms with E-state index in [1.165, 1.54) is 0 Å². The lowest BCUT2D eigenvalue weighted by atomic mass is 9.37. The van der Waals surface area contributed by atoms with Gasteiger partial charge in [-0.25, -0.2) is 0 Å². The highest BCUT2D eigenvalue weighted by Gasteiger charge is 2.73. The molecule has 4 aliphatic rings. The summed E-state index contributed by atoms with van der Waals surface area (Å²) in [5.41, 5.74) is 0.323. The zero-order chi connectivity index (χ0) is 18.0. The summed E-state index contributed by atoms with van der Waals surface area (Å²) in [6.07, 6.45) is 1.56. The van der Waals surface area contributed by atoms with Crippen LogP contribution in [0.2, 0.25) is 0 Å². The monoisotopic (exact) mass is 334 g/mol. The number of rotatable bonds is 3. The van der Waals surface area contributed by atoms with Gasteiger partial charge in [0.25, 0.3) is 0 Å². The van der Waals surface area contributed by atoms with E-state index in [1.807, 2.05) is 34.6 Å². The molecule has 0 radical (unpaired) electrons. The number of allylic oxidation sites excluding steroid dienone is 2. The molecule has 0 aliphatic heterocycles. The molecule has 0 aromatic carbocycles. The summed E-state index contributed by atoms with van der Waals surface area (Å²) in [4.78, 5) is 25.0. The predicted octanol–water partition coefficient (Wildman–Crippen LogP) is 3.13. The minimum atomic E-state index is -0.577. The summed E-state index contributed by atoms with van der Waals surface area (Å²) in [5.74, 6) is 0.311. The number of ketones is 1. The van der Waals surface area contributed by atoms with E-state index in [-0.39, 0.29) is 46.3 Å². The van der Waals surface area contributed by atoms with Gasteiger partial charge < -0.3 is 9.84 Å². The summed E-state index contributed by atoms with van der Waals surface area (Å²) >= 11 is 0. The Morgan fingerprint density at radius 1 is 1.33 bits per heavy atom. The van der Waals surface area contributed by atoms with Crippen LogP contribution < -0.4 is 0 Å². The first-order valence-corrected chi connectivity index (χ1v) is 9.10. The summed E-state index contributed by atoms with van der Waals surface area (Å²) < 4.78 is 5.85. The lowest BCUT2D eigenvalue weighted by molar-refractivity contribution is -0.203. The fraction of sp³-hybridized carbons (Fsp3) is 0.800. The maximum Gasteiger partial charge on any atom is 0.306 e. The van der Waals surface area contributed by atoms with Crippen molar-refractivity contribution in [2.24, 2.45) is 34.5 Å². The van der Waals surface area contributed by atoms with E-state index in [9.17, 15) is 14.7 Å². The Kier molecular flexibility index (Phi) is 3.99. The molecule has 0 saturated heterocycles. The van der Waals surface area contributed by atoms with E-state index in [4.69, 9.17) is 4.74 Å². The van der Waals surface area contributed by atoms with Crippen molar-refractivity contribution in [3.8, 4) is 0 Å². The molecule has 0 aromatic heterocycles. The van der Waals surface area contributed by atoms with Crippen molar-refractivity contribution in [3.05, 3.63) is 11.6 Å². The maximum atomic E-state index is 12.7. The van der Waals surface area contributed by atoms with Gasteiger partial charge in [0.05, 0.1) is 6.10 Å². The number of aliphatic hydroxyl groups is 1. The molecule has 4 nitrogen and oxygen atoms in total. The van der Waals surface area contributed by atoms with Crippen molar-refractivity contribution in [1.29, 1.82) is 0 Å². The molecule has 2 fully saturated rings. The van der Waals surface area contributed by atoms with Crippen LogP contribution in [0.4, 0.5) is 0 Å². The van der Waals surface area contributed by atoms with Crippen LogP contribution in [-0.2, 0) is 14.3 Å². The number of ether oxygens (including phenoxy) is 1. The highest BCUT2D eigenvalue weighted by atomic mass is 16.5. The molecule has 0 aromatic rings. The molecular weight excluding hydrogens is 304 g/mol. The van der Waals surface area contributed by atoms with Gasteiger partial charge in [-0.1, -0.05) is 40.2 Å². The lowest BCUT2D eigenvalue weighted by Gasteiger charge is -2.65. The van der Waals surface area contributed by atoms with Crippen molar-refractivity contribution in [3.63, 3.8) is 0 Å². The number of carbonyl (C=O) groups is 2. The zero-order valence-electron chi connectivity index (χ0n) is 15.6. The fourth-order valence-corrected chi connectivity index (χ4v) is 5.66. The Morgan fingerprint density at radius 3 is 2.50 bits per heavy atom. The van der Waals surface area contributed by atoms with Crippen LogP contribution in [0.1, 0.15) is 54.4 Å². The first-order chi connectivity index (χ1) is 11.0. The second kappa shape index (κ2) is 5.42. The van der Waals surface area contributed by atoms with Crippen molar-refractivity contribution < 1.29 is 19.4 Å². The van der Waals surface area contributed by atoms with Gasteiger partial charge in [0.15, 0.2) is 5.78 Å². The van der Waals surface area contributed by atoms with Crippen molar-refractivity contribution in [2.45, 2.75) is 66.6 Å². The average Bonchev–Trinajstić information content (AvgIpc) is 2.50. The van der Waals surface area contributed by atoms with Gasteiger partial charge >= 0.3 is 5.97 Å². The minimum absolute atomic E-state index is 0.129. The molecule has 6 atom stereocenters. The number of fused-ring (bicyclic) bond motifs is 1. The van der Waals surface area contributed by atoms with Crippen LogP contribution in [0.25, 0.3) is 0 Å². The fourth-order valence-electron chi connectivity index (χ4n) is 5.66. The third-order valence-corrected chi connectivity index (χ3v) is 6.92. The Bertz CT molecular complexity index is 603. The molecule has 0 heterocycles. The maximum absolute atomic E-state index is 12.7. The lowest BCUT2D eigenvalue weighted by Crippen LogP contribution is -2.67. The number of esters is 1. The Morgan fingerprint density at radius 2 is 1.96 bits per heavy atom. The molecule has 4 aliphatic carbocycles. The second-order valence-electron chi connectivity index (χ2n) is 9.29. The SMILES string of the molecule is CC1=CC(=O)[C@@H]2[C@@H]3[C@H]1[C@@]2(C)[C@H](OC(=O)CC(C)C)C[C@@H](O)C3(C)C. The molecule has 134 valence electrons. The molecule has 0 spiro atoms. The molecular formula is C20H30O4. The molecule has 4 heteroatoms. The summed E-state index contributed by atoms with van der Waals surface area (Å²) in [6, 6.07) is 0. The number of aliphatic hydroxyl groups excluding tert-OH is 1. The first kappa shape index (κ1) is 17.7. The number of hydrogen-bond donors (Lipinski definition) is 1. The summed E-state index contributed by atoms with van der Waals surface area (Å²) in [5, 5.41) is 10.8. The summed E-state index contributed by atoms with van der Waals surface area (Å²) in [7, 11) is 0. The zero-order valence-corrected chi connectivity index (χ0v) is 15.6. The highest BCUT2D eigenvalue weighted by molar-refractivity contribution is 5.96. The van der Waals surface area contributed by atoms with Crippen LogP contribution in [-0.4, -0.2) is 29.1 Å². The van der Waals surface area contributed by atoms with Gasteiger partial charge in [-0.05, 0) is 36.2 Å².